The van der Waals surface area contributed by atoms with Gasteiger partial charge in [0.05, 0.1) is 6.04 Å². The van der Waals surface area contributed by atoms with Crippen LogP contribution in [0.1, 0.15) is 51.8 Å². The summed E-state index contributed by atoms with van der Waals surface area (Å²) < 4.78 is 0. The quantitative estimate of drug-likeness (QED) is 0.906. The molecule has 1 saturated carbocycles. The van der Waals surface area contributed by atoms with E-state index in [2.05, 4.69) is 40.9 Å². The van der Waals surface area contributed by atoms with Crippen molar-refractivity contribution >= 4 is 17.2 Å². The van der Waals surface area contributed by atoms with Crippen molar-refractivity contribution in [1.82, 2.24) is 10.2 Å². The van der Waals surface area contributed by atoms with Gasteiger partial charge < -0.3 is 4.90 Å². The third-order valence-corrected chi connectivity index (χ3v) is 5.61. The van der Waals surface area contributed by atoms with Gasteiger partial charge in [-0.15, -0.1) is 0 Å². The Morgan fingerprint density at radius 3 is 2.75 bits per heavy atom. The van der Waals surface area contributed by atoms with Crippen LogP contribution in [0.5, 0.6) is 0 Å². The average Bonchev–Trinajstić information content (AvgIpc) is 3.01. The summed E-state index contributed by atoms with van der Waals surface area (Å²) in [5, 5.41) is 7.72. The molecule has 0 aromatic carbocycles. The molecule has 0 spiro atoms. The summed E-state index contributed by atoms with van der Waals surface area (Å²) in [6.45, 7) is 6.62. The van der Waals surface area contributed by atoms with E-state index in [-0.39, 0.29) is 18.1 Å². The molecule has 1 aromatic heterocycles. The first-order valence-corrected chi connectivity index (χ1v) is 8.62. The number of carbonyl (C=O) groups is 1. The van der Waals surface area contributed by atoms with Gasteiger partial charge in [0.2, 0.25) is 5.91 Å². The van der Waals surface area contributed by atoms with Crippen LogP contribution in [0.4, 0.5) is 0 Å². The second-order valence-corrected chi connectivity index (χ2v) is 7.34. The molecule has 1 aromatic rings. The van der Waals surface area contributed by atoms with Crippen LogP contribution in [-0.2, 0) is 4.79 Å². The molecule has 2 heterocycles. The molecule has 5 atom stereocenters. The highest BCUT2D eigenvalue weighted by molar-refractivity contribution is 7.07. The monoisotopic (exact) mass is 292 g/mol. The SMILES string of the molecule is CC1CCC(N2C(=O)C(C)NC2c2ccsc2)C(C)C1. The number of hydrogen-bond acceptors (Lipinski definition) is 3. The van der Waals surface area contributed by atoms with Crippen LogP contribution in [0.15, 0.2) is 16.8 Å². The summed E-state index contributed by atoms with van der Waals surface area (Å²) in [5.41, 5.74) is 1.23. The fourth-order valence-corrected chi connectivity index (χ4v) is 4.52. The zero-order valence-electron chi connectivity index (χ0n) is 12.5. The highest BCUT2D eigenvalue weighted by Crippen LogP contribution is 2.38. The Hall–Kier alpha value is -0.870. The molecule has 0 radical (unpaired) electrons. The first-order valence-electron chi connectivity index (χ1n) is 7.68. The second-order valence-electron chi connectivity index (χ2n) is 6.56. The lowest BCUT2D eigenvalue weighted by molar-refractivity contribution is -0.134. The van der Waals surface area contributed by atoms with E-state index < -0.39 is 0 Å². The number of hydrogen-bond donors (Lipinski definition) is 1. The minimum absolute atomic E-state index is 0.0635. The molecule has 2 fully saturated rings. The molecular weight excluding hydrogens is 268 g/mol. The predicted octanol–water partition coefficient (Wildman–Crippen LogP) is 3.39. The maximum atomic E-state index is 12.6. The van der Waals surface area contributed by atoms with Crippen LogP contribution < -0.4 is 5.32 Å². The molecule has 3 nitrogen and oxygen atoms in total. The smallest absolute Gasteiger partial charge is 0.241 e. The topological polar surface area (TPSA) is 32.3 Å². The molecule has 20 heavy (non-hydrogen) atoms. The summed E-state index contributed by atoms with van der Waals surface area (Å²) in [5.74, 6) is 1.66. The highest BCUT2D eigenvalue weighted by atomic mass is 32.1. The van der Waals surface area contributed by atoms with E-state index in [0.29, 0.717) is 12.0 Å². The Morgan fingerprint density at radius 1 is 1.30 bits per heavy atom. The Balaban J connectivity index is 1.86. The van der Waals surface area contributed by atoms with Gasteiger partial charge in [0.25, 0.3) is 0 Å². The first kappa shape index (κ1) is 14.1. The van der Waals surface area contributed by atoms with Gasteiger partial charge in [0.1, 0.15) is 6.17 Å². The molecule has 5 unspecified atom stereocenters. The zero-order valence-corrected chi connectivity index (χ0v) is 13.3. The van der Waals surface area contributed by atoms with Crippen molar-refractivity contribution in [3.63, 3.8) is 0 Å². The van der Waals surface area contributed by atoms with E-state index in [9.17, 15) is 4.79 Å². The van der Waals surface area contributed by atoms with Crippen molar-refractivity contribution in [3.8, 4) is 0 Å². The average molecular weight is 292 g/mol. The number of amides is 1. The van der Waals surface area contributed by atoms with Gasteiger partial charge in [0.15, 0.2) is 0 Å². The zero-order chi connectivity index (χ0) is 14.3. The van der Waals surface area contributed by atoms with E-state index in [1.807, 2.05) is 6.92 Å². The molecule has 0 bridgehead atoms. The van der Waals surface area contributed by atoms with Gasteiger partial charge in [-0.2, -0.15) is 11.3 Å². The Bertz CT molecular complexity index is 473. The van der Waals surface area contributed by atoms with Crippen LogP contribution in [0.2, 0.25) is 0 Å². The Labute approximate surface area is 125 Å². The van der Waals surface area contributed by atoms with Crippen LogP contribution in [0.25, 0.3) is 0 Å². The molecule has 1 amide bonds. The Morgan fingerprint density at radius 2 is 2.10 bits per heavy atom. The van der Waals surface area contributed by atoms with E-state index in [0.717, 1.165) is 12.3 Å². The lowest BCUT2D eigenvalue weighted by atomic mass is 9.79. The van der Waals surface area contributed by atoms with Crippen molar-refractivity contribution in [3.05, 3.63) is 22.4 Å². The normalized spacial score (nSPS) is 38.5. The maximum Gasteiger partial charge on any atom is 0.241 e. The molecule has 110 valence electrons. The van der Waals surface area contributed by atoms with Crippen LogP contribution in [-0.4, -0.2) is 22.9 Å². The van der Waals surface area contributed by atoms with E-state index in [1.54, 1.807) is 11.3 Å². The molecule has 3 rings (SSSR count). The van der Waals surface area contributed by atoms with Crippen LogP contribution in [0.3, 0.4) is 0 Å². The molecule has 2 aliphatic rings. The standard InChI is InChI=1S/C16H24N2OS/c1-10-4-5-14(11(2)8-10)18-15(13-6-7-20-9-13)17-12(3)16(18)19/h6-7,9-12,14-15,17H,4-5,8H2,1-3H3. The molecule has 1 aliphatic heterocycles. The van der Waals surface area contributed by atoms with E-state index >= 15 is 0 Å². The fraction of sp³-hybridized carbons (Fsp3) is 0.688. The lowest BCUT2D eigenvalue weighted by Gasteiger charge is -2.41. The number of carbonyl (C=O) groups excluding carboxylic acids is 1. The van der Waals surface area contributed by atoms with Gasteiger partial charge in [-0.25, -0.2) is 0 Å². The van der Waals surface area contributed by atoms with Gasteiger partial charge in [0, 0.05) is 6.04 Å². The molecule has 4 heteroatoms. The minimum Gasteiger partial charge on any atom is -0.318 e. The van der Waals surface area contributed by atoms with Crippen molar-refractivity contribution in [2.75, 3.05) is 0 Å². The van der Waals surface area contributed by atoms with Crippen LogP contribution in [0, 0.1) is 11.8 Å². The van der Waals surface area contributed by atoms with Gasteiger partial charge in [-0.1, -0.05) is 13.8 Å². The Kier molecular flexibility index (Phi) is 3.87. The molecule has 1 saturated heterocycles. The van der Waals surface area contributed by atoms with Crippen LogP contribution >= 0.6 is 11.3 Å². The lowest BCUT2D eigenvalue weighted by Crippen LogP contribution is -2.46. The summed E-state index contributed by atoms with van der Waals surface area (Å²) in [7, 11) is 0. The summed E-state index contributed by atoms with van der Waals surface area (Å²) in [6, 6.07) is 2.46. The largest absolute Gasteiger partial charge is 0.318 e. The molecular formula is C16H24N2OS. The van der Waals surface area contributed by atoms with Gasteiger partial charge in [-0.05, 0) is 60.4 Å². The summed E-state index contributed by atoms with van der Waals surface area (Å²) in [4.78, 5) is 14.7. The molecule has 1 aliphatic carbocycles. The third kappa shape index (κ3) is 2.40. The van der Waals surface area contributed by atoms with Crippen molar-refractivity contribution in [2.45, 2.75) is 58.3 Å². The van der Waals surface area contributed by atoms with Crippen molar-refractivity contribution < 1.29 is 4.79 Å². The van der Waals surface area contributed by atoms with Crippen molar-refractivity contribution in [2.24, 2.45) is 11.8 Å². The fourth-order valence-electron chi connectivity index (χ4n) is 3.84. The van der Waals surface area contributed by atoms with Crippen molar-refractivity contribution in [1.29, 1.82) is 0 Å². The number of rotatable bonds is 2. The maximum absolute atomic E-state index is 12.6. The first-order chi connectivity index (χ1) is 9.58. The number of nitrogens with one attached hydrogen (secondary N) is 1. The van der Waals surface area contributed by atoms with Gasteiger partial charge in [-0.3, -0.25) is 10.1 Å². The third-order valence-electron chi connectivity index (χ3n) is 4.91. The van der Waals surface area contributed by atoms with E-state index in [1.165, 1.54) is 18.4 Å². The van der Waals surface area contributed by atoms with Gasteiger partial charge >= 0.3 is 0 Å². The predicted molar refractivity (Wildman–Crippen MR) is 82.5 cm³/mol. The number of nitrogens with zero attached hydrogens (tertiary/aromatic N) is 1. The van der Waals surface area contributed by atoms with E-state index in [4.69, 9.17) is 0 Å². The summed E-state index contributed by atoms with van der Waals surface area (Å²) in [6.07, 6.45) is 3.69. The highest BCUT2D eigenvalue weighted by Gasteiger charge is 2.43. The second kappa shape index (κ2) is 5.49. The molecule has 1 N–H and O–H groups in total. The number of thiophene rings is 1. The minimum atomic E-state index is -0.0635. The summed E-state index contributed by atoms with van der Waals surface area (Å²) >= 11 is 1.70.